The van der Waals surface area contributed by atoms with Crippen molar-refractivity contribution in [1.29, 1.82) is 0 Å². The lowest BCUT2D eigenvalue weighted by Gasteiger charge is -2.00. The summed E-state index contributed by atoms with van der Waals surface area (Å²) >= 11 is 0. The van der Waals surface area contributed by atoms with Gasteiger partial charge in [-0.3, -0.25) is 4.79 Å². The molecule has 0 saturated heterocycles. The van der Waals surface area contributed by atoms with Crippen LogP contribution in [-0.2, 0) is 0 Å². The van der Waals surface area contributed by atoms with Crippen LogP contribution in [0.1, 0.15) is 17.4 Å². The maximum absolute atomic E-state index is 13.4. The Morgan fingerprint density at radius 2 is 1.94 bits per heavy atom. The number of halogens is 2. The second kappa shape index (κ2) is 3.84. The summed E-state index contributed by atoms with van der Waals surface area (Å²) in [7, 11) is 0. The lowest BCUT2D eigenvalue weighted by molar-refractivity contribution is 0.101. The summed E-state index contributed by atoms with van der Waals surface area (Å²) in [5.41, 5.74) is -0.0346. The summed E-state index contributed by atoms with van der Waals surface area (Å²) in [6, 6.07) is 3.53. The molecular weight excluding hydrogens is 214 g/mol. The second-order valence-electron chi connectivity index (χ2n) is 3.30. The fraction of sp³-hybridized carbons (Fsp3) is 0.0909. The first-order valence-electron chi connectivity index (χ1n) is 4.60. The summed E-state index contributed by atoms with van der Waals surface area (Å²) in [6.45, 7) is 1.34. The number of carbonyl (C=O) groups excluding carboxylic acids is 1. The van der Waals surface area contributed by atoms with E-state index in [1.165, 1.54) is 19.2 Å². The zero-order valence-electron chi connectivity index (χ0n) is 8.42. The standard InChI is InChI=1S/C11H8F2N2O/c1-6(16)9-5-14-11(15-9)10-7(12)3-2-4-8(10)13/h2-5H,1H3,(H,14,15). The molecule has 0 spiro atoms. The Kier molecular flexibility index (Phi) is 2.52. The third-order valence-electron chi connectivity index (χ3n) is 2.15. The van der Waals surface area contributed by atoms with Gasteiger partial charge < -0.3 is 4.98 Å². The zero-order chi connectivity index (χ0) is 11.7. The summed E-state index contributed by atoms with van der Waals surface area (Å²) in [6.07, 6.45) is 1.25. The SMILES string of the molecule is CC(=O)c1cnc(-c2c(F)cccc2F)[nH]1. The highest BCUT2D eigenvalue weighted by Gasteiger charge is 2.14. The number of hydrogen-bond donors (Lipinski definition) is 1. The van der Waals surface area contributed by atoms with Crippen LogP contribution in [0.3, 0.4) is 0 Å². The van der Waals surface area contributed by atoms with Gasteiger partial charge in [0.2, 0.25) is 0 Å². The van der Waals surface area contributed by atoms with Crippen molar-refractivity contribution in [3.63, 3.8) is 0 Å². The third kappa shape index (κ3) is 1.71. The molecule has 0 atom stereocenters. The van der Waals surface area contributed by atoms with Gasteiger partial charge in [-0.25, -0.2) is 13.8 Å². The van der Waals surface area contributed by atoms with E-state index < -0.39 is 11.6 Å². The van der Waals surface area contributed by atoms with E-state index in [0.717, 1.165) is 12.1 Å². The van der Waals surface area contributed by atoms with Crippen LogP contribution in [0, 0.1) is 11.6 Å². The van der Waals surface area contributed by atoms with E-state index >= 15 is 0 Å². The smallest absolute Gasteiger partial charge is 0.177 e. The third-order valence-corrected chi connectivity index (χ3v) is 2.15. The number of H-pyrrole nitrogens is 1. The lowest BCUT2D eigenvalue weighted by Crippen LogP contribution is -1.94. The molecule has 3 nitrogen and oxygen atoms in total. The van der Waals surface area contributed by atoms with E-state index in [-0.39, 0.29) is 22.9 Å². The number of aromatic nitrogens is 2. The molecule has 0 aliphatic heterocycles. The molecule has 16 heavy (non-hydrogen) atoms. The molecule has 5 heteroatoms. The van der Waals surface area contributed by atoms with Gasteiger partial charge in [0.15, 0.2) is 5.78 Å². The van der Waals surface area contributed by atoms with Crippen molar-refractivity contribution < 1.29 is 13.6 Å². The van der Waals surface area contributed by atoms with Crippen molar-refractivity contribution in [3.05, 3.63) is 41.7 Å². The van der Waals surface area contributed by atoms with Crippen LogP contribution >= 0.6 is 0 Å². The molecule has 0 bridgehead atoms. The van der Waals surface area contributed by atoms with Crippen molar-refractivity contribution in [1.82, 2.24) is 9.97 Å². The molecule has 1 aromatic carbocycles. The van der Waals surface area contributed by atoms with Gasteiger partial charge in [0.1, 0.15) is 23.2 Å². The lowest BCUT2D eigenvalue weighted by atomic mass is 10.2. The van der Waals surface area contributed by atoms with Crippen LogP contribution in [0.15, 0.2) is 24.4 Å². The average molecular weight is 222 g/mol. The van der Waals surface area contributed by atoms with Gasteiger partial charge in [-0.05, 0) is 12.1 Å². The molecule has 1 N–H and O–H groups in total. The summed E-state index contributed by atoms with van der Waals surface area (Å²) in [4.78, 5) is 17.3. The molecule has 82 valence electrons. The van der Waals surface area contributed by atoms with Crippen molar-refractivity contribution in [2.45, 2.75) is 6.92 Å². The van der Waals surface area contributed by atoms with Gasteiger partial charge in [0, 0.05) is 6.92 Å². The molecule has 1 aromatic heterocycles. The Balaban J connectivity index is 2.54. The highest BCUT2D eigenvalue weighted by Crippen LogP contribution is 2.23. The van der Waals surface area contributed by atoms with Gasteiger partial charge in [-0.1, -0.05) is 6.07 Å². The van der Waals surface area contributed by atoms with Crippen LogP contribution in [0.5, 0.6) is 0 Å². The number of rotatable bonds is 2. The Bertz CT molecular complexity index is 528. The monoisotopic (exact) mass is 222 g/mol. The topological polar surface area (TPSA) is 45.8 Å². The molecular formula is C11H8F2N2O. The first-order chi connectivity index (χ1) is 7.59. The minimum absolute atomic E-state index is 0.0146. The van der Waals surface area contributed by atoms with Gasteiger partial charge in [-0.2, -0.15) is 0 Å². The van der Waals surface area contributed by atoms with Crippen LogP contribution in [0.2, 0.25) is 0 Å². The number of ketones is 1. The van der Waals surface area contributed by atoms with E-state index in [1.807, 2.05) is 0 Å². The van der Waals surface area contributed by atoms with Crippen LogP contribution in [0.25, 0.3) is 11.4 Å². The van der Waals surface area contributed by atoms with Crippen LogP contribution in [0.4, 0.5) is 8.78 Å². The van der Waals surface area contributed by atoms with Crippen molar-refractivity contribution in [2.75, 3.05) is 0 Å². The number of nitrogens with zero attached hydrogens (tertiary/aromatic N) is 1. The van der Waals surface area contributed by atoms with E-state index in [2.05, 4.69) is 9.97 Å². The van der Waals surface area contributed by atoms with E-state index in [1.54, 1.807) is 0 Å². The molecule has 0 fully saturated rings. The fourth-order valence-electron chi connectivity index (χ4n) is 1.35. The van der Waals surface area contributed by atoms with Crippen molar-refractivity contribution >= 4 is 5.78 Å². The van der Waals surface area contributed by atoms with Crippen LogP contribution < -0.4 is 0 Å². The predicted molar refractivity (Wildman–Crippen MR) is 53.9 cm³/mol. The van der Waals surface area contributed by atoms with Gasteiger partial charge >= 0.3 is 0 Å². The minimum atomic E-state index is -0.718. The quantitative estimate of drug-likeness (QED) is 0.793. The van der Waals surface area contributed by atoms with Gasteiger partial charge in [0.05, 0.1) is 11.8 Å². The fourth-order valence-corrected chi connectivity index (χ4v) is 1.35. The highest BCUT2D eigenvalue weighted by atomic mass is 19.1. The first kappa shape index (κ1) is 10.5. The Labute approximate surface area is 90.1 Å². The maximum Gasteiger partial charge on any atom is 0.177 e. The van der Waals surface area contributed by atoms with Crippen molar-refractivity contribution in [2.24, 2.45) is 0 Å². The molecule has 0 aliphatic rings. The first-order valence-corrected chi connectivity index (χ1v) is 4.60. The number of aromatic amines is 1. The minimum Gasteiger partial charge on any atom is -0.335 e. The van der Waals surface area contributed by atoms with Crippen molar-refractivity contribution in [3.8, 4) is 11.4 Å². The number of carbonyl (C=O) groups is 1. The molecule has 2 rings (SSSR count). The number of benzene rings is 1. The molecule has 1 heterocycles. The molecule has 0 amide bonds. The normalized spacial score (nSPS) is 10.4. The Morgan fingerprint density at radius 3 is 2.44 bits per heavy atom. The number of imidazole rings is 1. The van der Waals surface area contributed by atoms with Crippen LogP contribution in [-0.4, -0.2) is 15.8 Å². The maximum atomic E-state index is 13.4. The molecule has 0 radical (unpaired) electrons. The van der Waals surface area contributed by atoms with E-state index in [0.29, 0.717) is 0 Å². The molecule has 2 aromatic rings. The van der Waals surface area contributed by atoms with Gasteiger partial charge in [0.25, 0.3) is 0 Å². The van der Waals surface area contributed by atoms with E-state index in [4.69, 9.17) is 0 Å². The number of Topliss-reactive ketones (excluding diaryl/α,β-unsaturated/α-hetero) is 1. The zero-order valence-corrected chi connectivity index (χ0v) is 8.42. The summed E-state index contributed by atoms with van der Waals surface area (Å²) in [5.74, 6) is -1.66. The second-order valence-corrected chi connectivity index (χ2v) is 3.30. The molecule has 0 unspecified atom stereocenters. The predicted octanol–water partition coefficient (Wildman–Crippen LogP) is 2.56. The van der Waals surface area contributed by atoms with Gasteiger partial charge in [-0.15, -0.1) is 0 Å². The summed E-state index contributed by atoms with van der Waals surface area (Å²) < 4.78 is 26.7. The Hall–Kier alpha value is -2.04. The average Bonchev–Trinajstić information content (AvgIpc) is 2.66. The number of hydrogen-bond acceptors (Lipinski definition) is 2. The largest absolute Gasteiger partial charge is 0.335 e. The molecule has 0 aliphatic carbocycles. The summed E-state index contributed by atoms with van der Waals surface area (Å²) in [5, 5.41) is 0. The molecule has 0 saturated carbocycles. The number of nitrogens with one attached hydrogen (secondary N) is 1. The highest BCUT2D eigenvalue weighted by molar-refractivity contribution is 5.92. The van der Waals surface area contributed by atoms with E-state index in [9.17, 15) is 13.6 Å². The Morgan fingerprint density at radius 1 is 1.31 bits per heavy atom.